The molecular formula is C15H13N5. The molecule has 0 atom stereocenters. The third-order valence-electron chi connectivity index (χ3n) is 2.55. The number of anilines is 1. The lowest BCUT2D eigenvalue weighted by molar-refractivity contribution is 1.13. The maximum atomic E-state index is 7.29. The molecule has 2 aromatic carbocycles. The first-order valence-corrected chi connectivity index (χ1v) is 5.87. The highest BCUT2D eigenvalue weighted by molar-refractivity contribution is 5.95. The summed E-state index contributed by atoms with van der Waals surface area (Å²) in [6, 6.07) is 14.2. The third kappa shape index (κ3) is 3.43. The highest BCUT2D eigenvalue weighted by Gasteiger charge is 1.96. The molecule has 5 nitrogen and oxygen atoms in total. The zero-order valence-electron chi connectivity index (χ0n) is 10.7. The van der Waals surface area contributed by atoms with Gasteiger partial charge in [-0.3, -0.25) is 10.8 Å². The smallest absolute Gasteiger partial charge is 0.122 e. The molecule has 2 rings (SSSR count). The van der Waals surface area contributed by atoms with Crippen molar-refractivity contribution < 1.29 is 0 Å². The van der Waals surface area contributed by atoms with Crippen molar-refractivity contribution in [3.63, 3.8) is 0 Å². The third-order valence-corrected chi connectivity index (χ3v) is 2.55. The topological polar surface area (TPSA) is 86.6 Å². The second-order valence-corrected chi connectivity index (χ2v) is 4.00. The van der Waals surface area contributed by atoms with Gasteiger partial charge in [0.2, 0.25) is 0 Å². The summed E-state index contributed by atoms with van der Waals surface area (Å²) in [5.74, 6) is 2.57. The fourth-order valence-corrected chi connectivity index (χ4v) is 1.53. The first-order chi connectivity index (χ1) is 9.69. The van der Waals surface area contributed by atoms with E-state index in [4.69, 9.17) is 17.6 Å². The average molecular weight is 263 g/mol. The van der Waals surface area contributed by atoms with E-state index in [9.17, 15) is 0 Å². The molecule has 0 unspecified atom stereocenters. The number of nitrogen functional groups attached to an aromatic ring is 1. The van der Waals surface area contributed by atoms with E-state index in [1.54, 1.807) is 30.3 Å². The van der Waals surface area contributed by atoms with Gasteiger partial charge in [-0.15, -0.1) is 11.5 Å². The maximum Gasteiger partial charge on any atom is 0.122 e. The Morgan fingerprint density at radius 2 is 1.95 bits per heavy atom. The Morgan fingerprint density at radius 3 is 2.60 bits per heavy atom. The van der Waals surface area contributed by atoms with Crippen LogP contribution in [-0.4, -0.2) is 5.84 Å². The largest absolute Gasteiger partial charge is 0.384 e. The quantitative estimate of drug-likeness (QED) is 0.260. The summed E-state index contributed by atoms with van der Waals surface area (Å²) in [4.78, 5) is 0. The predicted octanol–water partition coefficient (Wildman–Crippen LogP) is 3.06. The molecular weight excluding hydrogens is 250 g/mol. The summed E-state index contributed by atoms with van der Waals surface area (Å²) in [6.07, 6.45) is 5.32. The predicted molar refractivity (Wildman–Crippen MR) is 80.0 cm³/mol. The zero-order valence-corrected chi connectivity index (χ0v) is 10.7. The number of nitrogens with one attached hydrogen (secondary N) is 2. The number of terminal acetylenes is 1. The molecule has 0 spiro atoms. The van der Waals surface area contributed by atoms with Crippen LogP contribution >= 0.6 is 0 Å². The van der Waals surface area contributed by atoms with Gasteiger partial charge in [0.1, 0.15) is 5.84 Å². The normalized spacial score (nSPS) is 10.2. The van der Waals surface area contributed by atoms with Gasteiger partial charge >= 0.3 is 0 Å². The van der Waals surface area contributed by atoms with Crippen LogP contribution in [0.15, 0.2) is 58.9 Å². The molecule has 20 heavy (non-hydrogen) atoms. The van der Waals surface area contributed by atoms with Crippen LogP contribution in [0.5, 0.6) is 0 Å². The zero-order chi connectivity index (χ0) is 14.4. The monoisotopic (exact) mass is 263 g/mol. The molecule has 0 saturated carbocycles. The molecule has 5 heteroatoms. The van der Waals surface area contributed by atoms with Gasteiger partial charge in [-0.2, -0.15) is 0 Å². The lowest BCUT2D eigenvalue weighted by Crippen LogP contribution is -2.10. The van der Waals surface area contributed by atoms with Crippen LogP contribution in [0.1, 0.15) is 11.1 Å². The minimum absolute atomic E-state index is 0.0257. The number of hydrogen-bond donors (Lipinski definition) is 3. The van der Waals surface area contributed by atoms with E-state index in [1.165, 1.54) is 0 Å². The van der Waals surface area contributed by atoms with E-state index in [0.29, 0.717) is 11.3 Å². The molecule has 0 saturated heterocycles. The second kappa shape index (κ2) is 6.16. The van der Waals surface area contributed by atoms with Crippen molar-refractivity contribution in [2.24, 2.45) is 16.1 Å². The minimum Gasteiger partial charge on any atom is -0.384 e. The van der Waals surface area contributed by atoms with Crippen LogP contribution in [0, 0.1) is 17.8 Å². The van der Waals surface area contributed by atoms with Gasteiger partial charge in [0, 0.05) is 11.1 Å². The molecule has 0 heterocycles. The first kappa shape index (κ1) is 13.3. The summed E-state index contributed by atoms with van der Waals surface area (Å²) in [6.45, 7) is 0. The Morgan fingerprint density at radius 1 is 1.20 bits per heavy atom. The van der Waals surface area contributed by atoms with Gasteiger partial charge in [0.05, 0.1) is 11.4 Å². The van der Waals surface area contributed by atoms with Crippen molar-refractivity contribution in [2.75, 3.05) is 5.43 Å². The summed E-state index contributed by atoms with van der Waals surface area (Å²) in [7, 11) is 0. The highest BCUT2D eigenvalue weighted by atomic mass is 15.4. The Kier molecular flexibility index (Phi) is 4.10. The van der Waals surface area contributed by atoms with E-state index < -0.39 is 0 Å². The van der Waals surface area contributed by atoms with E-state index in [0.717, 1.165) is 11.3 Å². The molecule has 0 amide bonds. The van der Waals surface area contributed by atoms with Crippen molar-refractivity contribution in [3.8, 4) is 12.3 Å². The summed E-state index contributed by atoms with van der Waals surface area (Å²) in [5, 5.41) is 15.2. The van der Waals surface area contributed by atoms with Gasteiger partial charge in [-0.25, -0.2) is 0 Å². The molecule has 0 aromatic heterocycles. The Bertz CT molecular complexity index is 680. The van der Waals surface area contributed by atoms with Gasteiger partial charge in [0.25, 0.3) is 0 Å². The van der Waals surface area contributed by atoms with Crippen LogP contribution in [0.25, 0.3) is 0 Å². The summed E-state index contributed by atoms with van der Waals surface area (Å²) in [5.41, 5.74) is 11.0. The van der Waals surface area contributed by atoms with Gasteiger partial charge in [-0.05, 0) is 42.5 Å². The molecule has 0 bridgehead atoms. The van der Waals surface area contributed by atoms with Gasteiger partial charge in [-0.1, -0.05) is 17.2 Å². The second-order valence-electron chi connectivity index (χ2n) is 4.00. The fraction of sp³-hybridized carbons (Fsp3) is 0. The Labute approximate surface area is 117 Å². The number of amidine groups is 1. The van der Waals surface area contributed by atoms with Crippen LogP contribution in [0.3, 0.4) is 0 Å². The molecule has 0 aliphatic rings. The number of rotatable bonds is 4. The maximum absolute atomic E-state index is 7.29. The number of hydrogen-bond acceptors (Lipinski definition) is 3. The first-order valence-electron chi connectivity index (χ1n) is 5.87. The summed E-state index contributed by atoms with van der Waals surface area (Å²) < 4.78 is 0. The SMILES string of the molecule is C#Cc1cccc(N/N=N/c2ccc(C(=N)N)cc2)c1. The number of benzene rings is 2. The lowest BCUT2D eigenvalue weighted by atomic mass is 10.2. The standard InChI is InChI=1S/C15H13N5/c1-2-11-4-3-5-14(10-11)19-20-18-13-8-6-12(7-9-13)15(16)17/h1,3-10H,(H3,16,17)(H,18,19). The van der Waals surface area contributed by atoms with Crippen molar-refractivity contribution >= 4 is 17.2 Å². The van der Waals surface area contributed by atoms with Crippen LogP contribution in [0.4, 0.5) is 11.4 Å². The van der Waals surface area contributed by atoms with Crippen molar-refractivity contribution in [3.05, 3.63) is 59.7 Å². The Hall–Kier alpha value is -3.13. The Balaban J connectivity index is 2.02. The van der Waals surface area contributed by atoms with Crippen LogP contribution < -0.4 is 11.2 Å². The van der Waals surface area contributed by atoms with E-state index in [1.807, 2.05) is 18.2 Å². The fourth-order valence-electron chi connectivity index (χ4n) is 1.53. The molecule has 4 N–H and O–H groups in total. The van der Waals surface area contributed by atoms with Gasteiger partial charge in [0.15, 0.2) is 0 Å². The lowest BCUT2D eigenvalue weighted by Gasteiger charge is -2.00. The summed E-state index contributed by atoms with van der Waals surface area (Å²) >= 11 is 0. The molecule has 0 fully saturated rings. The van der Waals surface area contributed by atoms with Crippen LogP contribution in [-0.2, 0) is 0 Å². The van der Waals surface area contributed by atoms with E-state index in [-0.39, 0.29) is 5.84 Å². The molecule has 0 aliphatic carbocycles. The molecule has 0 aliphatic heterocycles. The van der Waals surface area contributed by atoms with E-state index >= 15 is 0 Å². The minimum atomic E-state index is 0.0257. The van der Waals surface area contributed by atoms with Crippen LogP contribution in [0.2, 0.25) is 0 Å². The molecule has 0 radical (unpaired) electrons. The van der Waals surface area contributed by atoms with Crippen molar-refractivity contribution in [1.82, 2.24) is 0 Å². The number of nitrogens with zero attached hydrogens (tertiary/aromatic N) is 2. The van der Waals surface area contributed by atoms with Gasteiger partial charge < -0.3 is 5.73 Å². The average Bonchev–Trinajstić information content (AvgIpc) is 2.48. The van der Waals surface area contributed by atoms with Crippen molar-refractivity contribution in [1.29, 1.82) is 5.41 Å². The molecule has 98 valence electrons. The number of nitrogens with two attached hydrogens (primary N) is 1. The van der Waals surface area contributed by atoms with E-state index in [2.05, 4.69) is 21.7 Å². The molecule has 2 aromatic rings. The van der Waals surface area contributed by atoms with Crippen molar-refractivity contribution in [2.45, 2.75) is 0 Å². The highest BCUT2D eigenvalue weighted by Crippen LogP contribution is 2.14.